The Kier molecular flexibility index (Phi) is 9.13. The van der Waals surface area contributed by atoms with E-state index in [1.807, 2.05) is 51.1 Å². The maximum atomic E-state index is 12.8. The molecule has 0 saturated carbocycles. The number of aliphatic hydroxyl groups is 1. The average molecular weight is 455 g/mol. The fourth-order valence-electron chi connectivity index (χ4n) is 3.45. The minimum Gasteiger partial charge on any atom is -0.391 e. The van der Waals surface area contributed by atoms with E-state index >= 15 is 0 Å². The van der Waals surface area contributed by atoms with E-state index in [4.69, 9.17) is 11.5 Å². The molecule has 8 heteroatoms. The van der Waals surface area contributed by atoms with Crippen molar-refractivity contribution in [2.45, 2.75) is 63.8 Å². The van der Waals surface area contributed by atoms with Gasteiger partial charge in [0, 0.05) is 17.5 Å². The lowest BCUT2D eigenvalue weighted by Gasteiger charge is -2.27. The lowest BCUT2D eigenvalue weighted by Crippen LogP contribution is -2.52. The molecule has 0 aliphatic heterocycles. The number of carbonyl (C=O) groups excluding carboxylic acids is 3. The van der Waals surface area contributed by atoms with Crippen LogP contribution in [0.15, 0.2) is 54.6 Å². The van der Waals surface area contributed by atoms with E-state index in [2.05, 4.69) is 10.6 Å². The Morgan fingerprint density at radius 3 is 2.18 bits per heavy atom. The van der Waals surface area contributed by atoms with Gasteiger partial charge in [0.2, 0.25) is 11.8 Å². The number of benzene rings is 2. The number of carbonyl (C=O) groups is 3. The fraction of sp³-hybridized carbons (Fsp3) is 0.400. The Bertz CT molecular complexity index is 956. The number of amides is 3. The lowest BCUT2D eigenvalue weighted by molar-refractivity contribution is -0.127. The van der Waals surface area contributed by atoms with Crippen molar-refractivity contribution in [3.05, 3.63) is 71.3 Å². The summed E-state index contributed by atoms with van der Waals surface area (Å²) in [5.74, 6) is -1.50. The van der Waals surface area contributed by atoms with Gasteiger partial charge in [-0.3, -0.25) is 14.4 Å². The van der Waals surface area contributed by atoms with Crippen molar-refractivity contribution < 1.29 is 19.5 Å². The van der Waals surface area contributed by atoms with Crippen LogP contribution in [0.2, 0.25) is 0 Å². The second-order valence-electron chi connectivity index (χ2n) is 9.21. The zero-order valence-corrected chi connectivity index (χ0v) is 19.4. The van der Waals surface area contributed by atoms with Crippen LogP contribution >= 0.6 is 0 Å². The first-order chi connectivity index (χ1) is 15.5. The molecule has 0 aliphatic rings. The average Bonchev–Trinajstić information content (AvgIpc) is 2.72. The molecule has 0 heterocycles. The van der Waals surface area contributed by atoms with Gasteiger partial charge in [-0.1, -0.05) is 48.5 Å². The summed E-state index contributed by atoms with van der Waals surface area (Å²) in [4.78, 5) is 36.5. The van der Waals surface area contributed by atoms with Gasteiger partial charge in [-0.05, 0) is 44.4 Å². The van der Waals surface area contributed by atoms with Crippen LogP contribution in [0.1, 0.15) is 48.7 Å². The van der Waals surface area contributed by atoms with Gasteiger partial charge in [0.25, 0.3) is 5.91 Å². The Hall–Kier alpha value is -3.23. The first kappa shape index (κ1) is 26.0. The van der Waals surface area contributed by atoms with Crippen LogP contribution in [0.25, 0.3) is 0 Å². The number of rotatable bonds is 10. The molecule has 0 spiro atoms. The summed E-state index contributed by atoms with van der Waals surface area (Å²) in [5.41, 5.74) is 12.5. The second kappa shape index (κ2) is 11.6. The number of primary amides is 1. The van der Waals surface area contributed by atoms with E-state index in [0.29, 0.717) is 17.5 Å². The van der Waals surface area contributed by atoms with Gasteiger partial charge in [0.15, 0.2) is 0 Å². The Morgan fingerprint density at radius 2 is 1.58 bits per heavy atom. The van der Waals surface area contributed by atoms with Crippen molar-refractivity contribution in [2.75, 3.05) is 0 Å². The highest BCUT2D eigenvalue weighted by Gasteiger charge is 2.27. The minimum atomic E-state index is -1.11. The molecule has 2 rings (SSSR count). The molecule has 2 aromatic rings. The summed E-state index contributed by atoms with van der Waals surface area (Å²) < 4.78 is 0. The van der Waals surface area contributed by atoms with Crippen LogP contribution in [0.4, 0.5) is 0 Å². The molecule has 0 saturated heterocycles. The van der Waals surface area contributed by atoms with Crippen LogP contribution in [-0.4, -0.2) is 46.6 Å². The smallest absolute Gasteiger partial charge is 0.251 e. The van der Waals surface area contributed by atoms with Crippen molar-refractivity contribution in [1.29, 1.82) is 0 Å². The standard InChI is InChI=1S/C25H34N4O4/c1-25(2,3)29-23(32)18-12-8-7-11-17(18)14-21(30)20(13-16-9-5-4-6-10-16)28-24(33)19(26)15-22(27)31/h4-12,19-21,30H,13-15,26H2,1-3H3,(H2,27,31)(H,28,33)(H,29,32). The number of hydrogen-bond acceptors (Lipinski definition) is 5. The number of nitrogens with one attached hydrogen (secondary N) is 2. The molecule has 2 aromatic carbocycles. The Morgan fingerprint density at radius 1 is 0.970 bits per heavy atom. The molecule has 3 unspecified atom stereocenters. The van der Waals surface area contributed by atoms with Crippen molar-refractivity contribution in [2.24, 2.45) is 11.5 Å². The highest BCUT2D eigenvalue weighted by atomic mass is 16.3. The molecule has 8 nitrogen and oxygen atoms in total. The van der Waals surface area contributed by atoms with Gasteiger partial charge in [0.1, 0.15) is 0 Å². The third-order valence-electron chi connectivity index (χ3n) is 5.03. The summed E-state index contributed by atoms with van der Waals surface area (Å²) in [6.45, 7) is 5.68. The molecular weight excluding hydrogens is 420 g/mol. The molecule has 3 amide bonds. The van der Waals surface area contributed by atoms with Crippen molar-refractivity contribution in [1.82, 2.24) is 10.6 Å². The van der Waals surface area contributed by atoms with Crippen LogP contribution in [0.3, 0.4) is 0 Å². The highest BCUT2D eigenvalue weighted by Crippen LogP contribution is 2.16. The molecule has 33 heavy (non-hydrogen) atoms. The van der Waals surface area contributed by atoms with Gasteiger partial charge in [0.05, 0.1) is 24.6 Å². The van der Waals surface area contributed by atoms with Gasteiger partial charge in [-0.25, -0.2) is 0 Å². The van der Waals surface area contributed by atoms with E-state index in [1.54, 1.807) is 24.3 Å². The lowest BCUT2D eigenvalue weighted by atomic mass is 9.93. The first-order valence-electron chi connectivity index (χ1n) is 10.9. The van der Waals surface area contributed by atoms with Crippen LogP contribution in [-0.2, 0) is 22.4 Å². The van der Waals surface area contributed by atoms with E-state index in [-0.39, 0.29) is 18.7 Å². The van der Waals surface area contributed by atoms with Gasteiger partial charge < -0.3 is 27.2 Å². The Balaban J connectivity index is 2.24. The Labute approximate surface area is 194 Å². The number of aliphatic hydroxyl groups excluding tert-OH is 1. The van der Waals surface area contributed by atoms with E-state index < -0.39 is 35.5 Å². The van der Waals surface area contributed by atoms with E-state index in [1.165, 1.54) is 0 Å². The molecule has 0 bridgehead atoms. The summed E-state index contributed by atoms with van der Waals surface area (Å²) in [6, 6.07) is 14.6. The maximum absolute atomic E-state index is 12.8. The topological polar surface area (TPSA) is 148 Å². The number of nitrogens with two attached hydrogens (primary N) is 2. The maximum Gasteiger partial charge on any atom is 0.251 e. The molecule has 0 fully saturated rings. The predicted octanol–water partition coefficient (Wildman–Crippen LogP) is 1.05. The summed E-state index contributed by atoms with van der Waals surface area (Å²) in [5, 5.41) is 16.8. The van der Waals surface area contributed by atoms with E-state index in [9.17, 15) is 19.5 Å². The van der Waals surface area contributed by atoms with Crippen LogP contribution in [0, 0.1) is 0 Å². The van der Waals surface area contributed by atoms with Crippen LogP contribution < -0.4 is 22.1 Å². The molecule has 3 atom stereocenters. The molecule has 178 valence electrons. The quantitative estimate of drug-likeness (QED) is 0.364. The third kappa shape index (κ3) is 8.67. The zero-order chi connectivity index (χ0) is 24.6. The van der Waals surface area contributed by atoms with Crippen molar-refractivity contribution in [3.8, 4) is 0 Å². The SMILES string of the molecule is CC(C)(C)NC(=O)c1ccccc1CC(O)C(Cc1ccccc1)NC(=O)C(N)CC(N)=O. The molecule has 7 N–H and O–H groups in total. The summed E-state index contributed by atoms with van der Waals surface area (Å²) in [6.07, 6.45) is -0.835. The zero-order valence-electron chi connectivity index (χ0n) is 19.4. The van der Waals surface area contributed by atoms with Crippen LogP contribution in [0.5, 0.6) is 0 Å². The second-order valence-corrected chi connectivity index (χ2v) is 9.21. The minimum absolute atomic E-state index is 0.135. The van der Waals surface area contributed by atoms with Gasteiger partial charge in [-0.15, -0.1) is 0 Å². The molecular formula is C25H34N4O4. The molecule has 0 aromatic heterocycles. The third-order valence-corrected chi connectivity index (χ3v) is 5.03. The fourth-order valence-corrected chi connectivity index (χ4v) is 3.45. The van der Waals surface area contributed by atoms with Gasteiger partial charge >= 0.3 is 0 Å². The molecule has 0 radical (unpaired) electrons. The van der Waals surface area contributed by atoms with Gasteiger partial charge in [-0.2, -0.15) is 0 Å². The highest BCUT2D eigenvalue weighted by molar-refractivity contribution is 5.96. The summed E-state index contributed by atoms with van der Waals surface area (Å²) >= 11 is 0. The predicted molar refractivity (Wildman–Crippen MR) is 127 cm³/mol. The monoisotopic (exact) mass is 454 g/mol. The largest absolute Gasteiger partial charge is 0.391 e. The van der Waals surface area contributed by atoms with E-state index in [0.717, 1.165) is 5.56 Å². The number of hydrogen-bond donors (Lipinski definition) is 5. The summed E-state index contributed by atoms with van der Waals surface area (Å²) in [7, 11) is 0. The molecule has 0 aliphatic carbocycles. The first-order valence-corrected chi connectivity index (χ1v) is 10.9. The van der Waals surface area contributed by atoms with Crippen molar-refractivity contribution in [3.63, 3.8) is 0 Å². The van der Waals surface area contributed by atoms with Crippen molar-refractivity contribution >= 4 is 17.7 Å². The normalized spacial score (nSPS) is 14.1.